The molecule has 1 amide bonds. The molecule has 0 aliphatic carbocycles. The second-order valence-electron chi connectivity index (χ2n) is 6.87. The molecule has 3 heteroatoms. The molecule has 1 aromatic carbocycles. The minimum atomic E-state index is -0.468. The van der Waals surface area contributed by atoms with E-state index in [1.165, 1.54) is 33.4 Å². The smallest absolute Gasteiger partial charge is 0.407 e. The fourth-order valence-corrected chi connectivity index (χ4v) is 3.19. The van der Waals surface area contributed by atoms with E-state index in [4.69, 9.17) is 4.74 Å². The Bertz CT molecular complexity index is 523. The van der Waals surface area contributed by atoms with E-state index in [1.807, 2.05) is 20.8 Å². The maximum absolute atomic E-state index is 11.9. The van der Waals surface area contributed by atoms with Gasteiger partial charge in [0.1, 0.15) is 5.60 Å². The zero-order chi connectivity index (χ0) is 17.1. The van der Waals surface area contributed by atoms with Gasteiger partial charge < -0.3 is 10.1 Å². The Labute approximate surface area is 135 Å². The SMILES string of the molecule is CCc1c(C)c(CC)c(C)c(CNC(=O)OC(C)(C)C)c1C. The van der Waals surface area contributed by atoms with Crippen LogP contribution in [0.4, 0.5) is 4.79 Å². The van der Waals surface area contributed by atoms with Crippen LogP contribution in [0.1, 0.15) is 68.0 Å². The summed E-state index contributed by atoms with van der Waals surface area (Å²) in [5.74, 6) is 0. The largest absolute Gasteiger partial charge is 0.444 e. The number of amides is 1. The van der Waals surface area contributed by atoms with Gasteiger partial charge in [0, 0.05) is 6.54 Å². The molecule has 1 N–H and O–H groups in total. The second-order valence-corrected chi connectivity index (χ2v) is 6.87. The zero-order valence-corrected chi connectivity index (χ0v) is 15.4. The van der Waals surface area contributed by atoms with E-state index in [0.717, 1.165) is 12.8 Å². The molecule has 0 radical (unpaired) electrons. The Balaban J connectivity index is 3.07. The normalized spacial score (nSPS) is 11.5. The Morgan fingerprint density at radius 3 is 1.68 bits per heavy atom. The van der Waals surface area contributed by atoms with E-state index < -0.39 is 5.60 Å². The van der Waals surface area contributed by atoms with Gasteiger partial charge in [-0.3, -0.25) is 0 Å². The lowest BCUT2D eigenvalue weighted by Crippen LogP contribution is -2.32. The predicted molar refractivity (Wildman–Crippen MR) is 92.5 cm³/mol. The maximum Gasteiger partial charge on any atom is 0.407 e. The van der Waals surface area contributed by atoms with E-state index in [2.05, 4.69) is 39.9 Å². The van der Waals surface area contributed by atoms with Crippen molar-refractivity contribution in [2.75, 3.05) is 0 Å². The van der Waals surface area contributed by atoms with Crippen molar-refractivity contribution in [3.63, 3.8) is 0 Å². The molecule has 0 bridgehead atoms. The van der Waals surface area contributed by atoms with Crippen molar-refractivity contribution in [3.8, 4) is 0 Å². The number of carbonyl (C=O) groups is 1. The van der Waals surface area contributed by atoms with Gasteiger partial charge in [0.25, 0.3) is 0 Å². The van der Waals surface area contributed by atoms with E-state index in [9.17, 15) is 4.79 Å². The molecule has 22 heavy (non-hydrogen) atoms. The Morgan fingerprint density at radius 1 is 0.909 bits per heavy atom. The summed E-state index contributed by atoms with van der Waals surface area (Å²) in [6.07, 6.45) is 1.68. The van der Waals surface area contributed by atoms with Crippen molar-refractivity contribution in [2.45, 2.75) is 80.4 Å². The summed E-state index contributed by atoms with van der Waals surface area (Å²) in [5, 5.41) is 2.90. The molecular formula is C19H31NO2. The minimum absolute atomic E-state index is 0.358. The van der Waals surface area contributed by atoms with Crippen molar-refractivity contribution in [2.24, 2.45) is 0 Å². The number of nitrogens with one attached hydrogen (secondary N) is 1. The first kappa shape index (κ1) is 18.5. The van der Waals surface area contributed by atoms with E-state index in [-0.39, 0.29) is 6.09 Å². The molecule has 0 heterocycles. The van der Waals surface area contributed by atoms with Gasteiger partial charge in [-0.1, -0.05) is 13.8 Å². The number of benzene rings is 1. The van der Waals surface area contributed by atoms with Gasteiger partial charge in [0.2, 0.25) is 0 Å². The van der Waals surface area contributed by atoms with Crippen LogP contribution >= 0.6 is 0 Å². The van der Waals surface area contributed by atoms with Crippen molar-refractivity contribution >= 4 is 6.09 Å². The molecular weight excluding hydrogens is 274 g/mol. The summed E-state index contributed by atoms with van der Waals surface area (Å²) in [7, 11) is 0. The molecule has 0 aromatic heterocycles. The van der Waals surface area contributed by atoms with Gasteiger partial charge in [0.15, 0.2) is 0 Å². The monoisotopic (exact) mass is 305 g/mol. The van der Waals surface area contributed by atoms with Crippen molar-refractivity contribution in [3.05, 3.63) is 33.4 Å². The lowest BCUT2D eigenvalue weighted by molar-refractivity contribution is 0.0523. The first-order valence-electron chi connectivity index (χ1n) is 8.19. The van der Waals surface area contributed by atoms with Crippen LogP contribution in [0, 0.1) is 20.8 Å². The van der Waals surface area contributed by atoms with E-state index in [0.29, 0.717) is 6.54 Å². The molecule has 0 saturated heterocycles. The molecule has 0 aliphatic heterocycles. The van der Waals surface area contributed by atoms with Crippen LogP contribution in [-0.4, -0.2) is 11.7 Å². The summed E-state index contributed by atoms with van der Waals surface area (Å²) >= 11 is 0. The van der Waals surface area contributed by atoms with Crippen LogP contribution < -0.4 is 5.32 Å². The van der Waals surface area contributed by atoms with Crippen LogP contribution in [0.2, 0.25) is 0 Å². The zero-order valence-electron chi connectivity index (χ0n) is 15.4. The van der Waals surface area contributed by atoms with Gasteiger partial charge in [0.05, 0.1) is 0 Å². The van der Waals surface area contributed by atoms with Gasteiger partial charge in [-0.2, -0.15) is 0 Å². The maximum atomic E-state index is 11.9. The summed E-state index contributed by atoms with van der Waals surface area (Å²) in [6, 6.07) is 0. The molecule has 1 rings (SSSR count). The number of hydrogen-bond acceptors (Lipinski definition) is 2. The third-order valence-electron chi connectivity index (χ3n) is 4.23. The number of carbonyl (C=O) groups excluding carboxylic acids is 1. The molecule has 0 saturated carbocycles. The fraction of sp³-hybridized carbons (Fsp3) is 0.632. The first-order chi connectivity index (χ1) is 10.1. The predicted octanol–water partition coefficient (Wildman–Crippen LogP) is 4.76. The van der Waals surface area contributed by atoms with Crippen LogP contribution in [-0.2, 0) is 24.1 Å². The highest BCUT2D eigenvalue weighted by atomic mass is 16.6. The Kier molecular flexibility index (Phi) is 6.04. The lowest BCUT2D eigenvalue weighted by atomic mass is 9.86. The van der Waals surface area contributed by atoms with Crippen LogP contribution in [0.25, 0.3) is 0 Å². The molecule has 0 aliphatic rings. The number of rotatable bonds is 4. The number of alkyl carbamates (subject to hydrolysis) is 1. The van der Waals surface area contributed by atoms with Crippen molar-refractivity contribution in [1.29, 1.82) is 0 Å². The first-order valence-corrected chi connectivity index (χ1v) is 8.19. The minimum Gasteiger partial charge on any atom is -0.444 e. The molecule has 0 unspecified atom stereocenters. The third-order valence-corrected chi connectivity index (χ3v) is 4.23. The summed E-state index contributed by atoms with van der Waals surface area (Å²) in [4.78, 5) is 11.9. The summed E-state index contributed by atoms with van der Waals surface area (Å²) in [5.41, 5.74) is 7.57. The Hall–Kier alpha value is -1.51. The summed E-state index contributed by atoms with van der Waals surface area (Å²) in [6.45, 7) is 17.0. The third kappa shape index (κ3) is 4.25. The quantitative estimate of drug-likeness (QED) is 0.871. The molecule has 1 aromatic rings. The molecule has 124 valence electrons. The fourth-order valence-electron chi connectivity index (χ4n) is 3.19. The number of ether oxygens (including phenoxy) is 1. The van der Waals surface area contributed by atoms with Crippen LogP contribution in [0.5, 0.6) is 0 Å². The van der Waals surface area contributed by atoms with Crippen molar-refractivity contribution in [1.82, 2.24) is 5.32 Å². The van der Waals surface area contributed by atoms with Gasteiger partial charge in [-0.25, -0.2) is 4.79 Å². The van der Waals surface area contributed by atoms with Crippen LogP contribution in [0.15, 0.2) is 0 Å². The molecule has 0 atom stereocenters. The molecule has 0 spiro atoms. The lowest BCUT2D eigenvalue weighted by Gasteiger charge is -2.23. The van der Waals surface area contributed by atoms with Crippen molar-refractivity contribution < 1.29 is 9.53 Å². The van der Waals surface area contributed by atoms with E-state index in [1.54, 1.807) is 0 Å². The molecule has 0 fully saturated rings. The number of hydrogen-bond donors (Lipinski definition) is 1. The standard InChI is InChI=1S/C19H31NO2/c1-9-15-12(3)16(10-2)14(5)17(13(15)4)11-20-18(21)22-19(6,7)8/h9-11H2,1-8H3,(H,20,21). The Morgan fingerprint density at radius 2 is 1.32 bits per heavy atom. The average Bonchev–Trinajstić information content (AvgIpc) is 2.37. The van der Waals surface area contributed by atoms with Gasteiger partial charge >= 0.3 is 6.09 Å². The molecule has 3 nitrogen and oxygen atoms in total. The topological polar surface area (TPSA) is 38.3 Å². The average molecular weight is 305 g/mol. The highest BCUT2D eigenvalue weighted by Gasteiger charge is 2.18. The highest BCUT2D eigenvalue weighted by molar-refractivity contribution is 5.68. The highest BCUT2D eigenvalue weighted by Crippen LogP contribution is 2.28. The summed E-state index contributed by atoms with van der Waals surface area (Å²) < 4.78 is 5.33. The van der Waals surface area contributed by atoms with Gasteiger partial charge in [-0.15, -0.1) is 0 Å². The van der Waals surface area contributed by atoms with Crippen LogP contribution in [0.3, 0.4) is 0 Å². The second kappa shape index (κ2) is 7.17. The van der Waals surface area contributed by atoms with Gasteiger partial charge in [-0.05, 0) is 87.8 Å². The van der Waals surface area contributed by atoms with E-state index >= 15 is 0 Å².